The van der Waals surface area contributed by atoms with Gasteiger partial charge in [-0.3, -0.25) is 4.79 Å². The van der Waals surface area contributed by atoms with Gasteiger partial charge < -0.3 is 10.0 Å². The van der Waals surface area contributed by atoms with Crippen LogP contribution in [0, 0.1) is 5.92 Å². The summed E-state index contributed by atoms with van der Waals surface area (Å²) in [5.41, 5.74) is 0.821. The molecule has 106 valence electrons. The minimum atomic E-state index is -0.960. The van der Waals surface area contributed by atoms with Crippen molar-refractivity contribution < 1.29 is 14.7 Å². The smallest absolute Gasteiger partial charge is 0.335 e. The molecule has 2 aliphatic rings. The van der Waals surface area contributed by atoms with Crippen LogP contribution in [-0.4, -0.2) is 34.5 Å². The van der Waals surface area contributed by atoms with Gasteiger partial charge in [-0.25, -0.2) is 4.79 Å². The number of hydrogen-bond donors (Lipinski definition) is 1. The summed E-state index contributed by atoms with van der Waals surface area (Å²) in [6.07, 6.45) is 5.90. The highest BCUT2D eigenvalue weighted by atomic mass is 16.4. The van der Waals surface area contributed by atoms with Gasteiger partial charge in [0.15, 0.2) is 0 Å². The van der Waals surface area contributed by atoms with Crippen LogP contribution in [0.4, 0.5) is 0 Å². The van der Waals surface area contributed by atoms with E-state index in [1.807, 2.05) is 4.90 Å². The zero-order valence-electron chi connectivity index (χ0n) is 11.4. The molecule has 2 fully saturated rings. The first-order valence-electron chi connectivity index (χ1n) is 7.31. The molecule has 1 saturated carbocycles. The number of fused-ring (bicyclic) bond motifs is 1. The number of carboxylic acids is 1. The Labute approximate surface area is 118 Å². The Balaban J connectivity index is 1.79. The SMILES string of the molecule is O=C(O)c1ccc(C(=O)N2CCC[C@H]3CCC[C@H]32)cc1. The van der Waals surface area contributed by atoms with Gasteiger partial charge in [0.25, 0.3) is 5.91 Å². The molecular formula is C16H19NO3. The molecule has 1 N–H and O–H groups in total. The molecule has 0 radical (unpaired) electrons. The third kappa shape index (κ3) is 2.30. The number of aromatic carboxylic acids is 1. The number of nitrogens with zero attached hydrogens (tertiary/aromatic N) is 1. The van der Waals surface area contributed by atoms with Crippen LogP contribution < -0.4 is 0 Å². The van der Waals surface area contributed by atoms with Crippen LogP contribution in [0.1, 0.15) is 52.8 Å². The summed E-state index contributed by atoms with van der Waals surface area (Å²) in [5.74, 6) is -0.234. The number of piperidine rings is 1. The molecule has 20 heavy (non-hydrogen) atoms. The van der Waals surface area contributed by atoms with Gasteiger partial charge in [0.1, 0.15) is 0 Å². The van der Waals surface area contributed by atoms with Crippen molar-refractivity contribution >= 4 is 11.9 Å². The third-order valence-electron chi connectivity index (χ3n) is 4.63. The lowest BCUT2D eigenvalue weighted by molar-refractivity contribution is 0.0547. The average molecular weight is 273 g/mol. The number of rotatable bonds is 2. The van der Waals surface area contributed by atoms with Crippen LogP contribution in [0.15, 0.2) is 24.3 Å². The maximum Gasteiger partial charge on any atom is 0.335 e. The molecule has 1 aromatic carbocycles. The van der Waals surface area contributed by atoms with Crippen molar-refractivity contribution in [3.8, 4) is 0 Å². The Morgan fingerprint density at radius 1 is 1.00 bits per heavy atom. The maximum absolute atomic E-state index is 12.6. The van der Waals surface area contributed by atoms with Crippen LogP contribution in [-0.2, 0) is 0 Å². The van der Waals surface area contributed by atoms with Crippen LogP contribution >= 0.6 is 0 Å². The molecule has 2 atom stereocenters. The van der Waals surface area contributed by atoms with Crippen molar-refractivity contribution in [1.29, 1.82) is 0 Å². The van der Waals surface area contributed by atoms with E-state index in [2.05, 4.69) is 0 Å². The fourth-order valence-electron chi connectivity index (χ4n) is 3.63. The minimum Gasteiger partial charge on any atom is -0.478 e. The lowest BCUT2D eigenvalue weighted by Gasteiger charge is -2.37. The van der Waals surface area contributed by atoms with E-state index in [1.165, 1.54) is 31.4 Å². The van der Waals surface area contributed by atoms with Crippen LogP contribution in [0.2, 0.25) is 0 Å². The number of likely N-dealkylation sites (tertiary alicyclic amines) is 1. The predicted molar refractivity (Wildman–Crippen MR) is 74.8 cm³/mol. The zero-order chi connectivity index (χ0) is 14.1. The summed E-state index contributed by atoms with van der Waals surface area (Å²) in [4.78, 5) is 25.5. The Morgan fingerprint density at radius 2 is 1.65 bits per heavy atom. The highest BCUT2D eigenvalue weighted by molar-refractivity contribution is 5.96. The van der Waals surface area contributed by atoms with Crippen molar-refractivity contribution in [2.24, 2.45) is 5.92 Å². The lowest BCUT2D eigenvalue weighted by Crippen LogP contribution is -2.46. The molecule has 4 heteroatoms. The van der Waals surface area contributed by atoms with Gasteiger partial charge in [0.2, 0.25) is 0 Å². The second-order valence-corrected chi connectivity index (χ2v) is 5.78. The molecule has 3 rings (SSSR count). The summed E-state index contributed by atoms with van der Waals surface area (Å²) in [6.45, 7) is 0.834. The number of benzene rings is 1. The fourth-order valence-corrected chi connectivity index (χ4v) is 3.63. The van der Waals surface area contributed by atoms with Gasteiger partial charge in [0, 0.05) is 18.2 Å². The van der Waals surface area contributed by atoms with Crippen LogP contribution in [0.5, 0.6) is 0 Å². The van der Waals surface area contributed by atoms with Gasteiger partial charge >= 0.3 is 5.97 Å². The summed E-state index contributed by atoms with van der Waals surface area (Å²) >= 11 is 0. The Kier molecular flexibility index (Phi) is 3.47. The average Bonchev–Trinajstić information content (AvgIpc) is 2.95. The first-order chi connectivity index (χ1) is 9.66. The summed E-state index contributed by atoms with van der Waals surface area (Å²) in [5, 5.41) is 8.89. The molecule has 0 spiro atoms. The van der Waals surface area contributed by atoms with Crippen molar-refractivity contribution in [2.45, 2.75) is 38.1 Å². The number of hydrogen-bond acceptors (Lipinski definition) is 2. The van der Waals surface area contributed by atoms with Crippen molar-refractivity contribution in [1.82, 2.24) is 4.90 Å². The summed E-state index contributed by atoms with van der Waals surface area (Å²) in [7, 11) is 0. The Bertz CT molecular complexity index is 523. The van der Waals surface area contributed by atoms with Gasteiger partial charge in [-0.2, -0.15) is 0 Å². The van der Waals surface area contributed by atoms with E-state index in [1.54, 1.807) is 12.1 Å². The molecule has 0 bridgehead atoms. The maximum atomic E-state index is 12.6. The van der Waals surface area contributed by atoms with Crippen LogP contribution in [0.25, 0.3) is 0 Å². The molecule has 1 amide bonds. The molecule has 4 nitrogen and oxygen atoms in total. The first-order valence-corrected chi connectivity index (χ1v) is 7.31. The van der Waals surface area contributed by atoms with Gasteiger partial charge in [-0.15, -0.1) is 0 Å². The van der Waals surface area contributed by atoms with Crippen molar-refractivity contribution in [3.63, 3.8) is 0 Å². The van der Waals surface area contributed by atoms with E-state index in [0.29, 0.717) is 17.5 Å². The van der Waals surface area contributed by atoms with Gasteiger partial charge in [-0.05, 0) is 55.9 Å². The lowest BCUT2D eigenvalue weighted by atomic mass is 9.91. The largest absolute Gasteiger partial charge is 0.478 e. The minimum absolute atomic E-state index is 0.0542. The molecule has 0 unspecified atom stereocenters. The summed E-state index contributed by atoms with van der Waals surface area (Å²) < 4.78 is 0. The van der Waals surface area contributed by atoms with E-state index in [-0.39, 0.29) is 11.5 Å². The van der Waals surface area contributed by atoms with E-state index < -0.39 is 5.97 Å². The number of amides is 1. The van der Waals surface area contributed by atoms with E-state index in [0.717, 1.165) is 19.4 Å². The first kappa shape index (κ1) is 13.2. The Hall–Kier alpha value is -1.84. The van der Waals surface area contributed by atoms with E-state index in [4.69, 9.17) is 5.11 Å². The molecule has 1 saturated heterocycles. The summed E-state index contributed by atoms with van der Waals surface area (Å²) in [6, 6.07) is 6.67. The van der Waals surface area contributed by atoms with Gasteiger partial charge in [-0.1, -0.05) is 6.42 Å². The normalized spacial score (nSPS) is 25.3. The molecule has 1 aromatic rings. The van der Waals surface area contributed by atoms with Crippen LogP contribution in [0.3, 0.4) is 0 Å². The van der Waals surface area contributed by atoms with E-state index >= 15 is 0 Å². The molecular weight excluding hydrogens is 254 g/mol. The second kappa shape index (κ2) is 5.27. The van der Waals surface area contributed by atoms with Crippen molar-refractivity contribution in [2.75, 3.05) is 6.54 Å². The number of carboxylic acid groups (broad SMARTS) is 1. The monoisotopic (exact) mass is 273 g/mol. The topological polar surface area (TPSA) is 57.6 Å². The fraction of sp³-hybridized carbons (Fsp3) is 0.500. The number of carbonyl (C=O) groups excluding carboxylic acids is 1. The third-order valence-corrected chi connectivity index (χ3v) is 4.63. The quantitative estimate of drug-likeness (QED) is 0.901. The highest BCUT2D eigenvalue weighted by Crippen LogP contribution is 2.37. The zero-order valence-corrected chi connectivity index (χ0v) is 11.4. The molecule has 1 aliphatic heterocycles. The standard InChI is InChI=1S/C16H19NO3/c18-15(12-6-8-13(9-7-12)16(19)20)17-10-2-4-11-3-1-5-14(11)17/h6-9,11,14H,1-5,10H2,(H,19,20)/t11-,14-/m1/s1. The highest BCUT2D eigenvalue weighted by Gasteiger charge is 2.37. The molecule has 0 aromatic heterocycles. The molecule has 1 aliphatic carbocycles. The van der Waals surface area contributed by atoms with E-state index in [9.17, 15) is 9.59 Å². The predicted octanol–water partition coefficient (Wildman–Crippen LogP) is 2.79. The van der Waals surface area contributed by atoms with Crippen molar-refractivity contribution in [3.05, 3.63) is 35.4 Å². The van der Waals surface area contributed by atoms with Gasteiger partial charge in [0.05, 0.1) is 5.56 Å². The molecule has 1 heterocycles. The second-order valence-electron chi connectivity index (χ2n) is 5.78. The Morgan fingerprint density at radius 3 is 2.35 bits per heavy atom. The number of carbonyl (C=O) groups is 2.